The smallest absolute Gasteiger partial charge is 0.216 e. The largest absolute Gasteiger partial charge is 0.496 e. The Morgan fingerprint density at radius 2 is 2.12 bits per heavy atom. The van der Waals surface area contributed by atoms with E-state index in [0.717, 1.165) is 15.8 Å². The van der Waals surface area contributed by atoms with Gasteiger partial charge in [-0.25, -0.2) is 0 Å². The molecule has 0 spiro atoms. The monoisotopic (exact) mass is 299 g/mol. The van der Waals surface area contributed by atoms with Gasteiger partial charge in [-0.2, -0.15) is 0 Å². The van der Waals surface area contributed by atoms with Gasteiger partial charge in [0.05, 0.1) is 7.11 Å². The second kappa shape index (κ2) is 5.54. The van der Waals surface area contributed by atoms with Crippen molar-refractivity contribution in [3.63, 3.8) is 0 Å². The van der Waals surface area contributed by atoms with Crippen LogP contribution in [0.1, 0.15) is 26.3 Å². The molecule has 1 N–H and O–H groups in total. The van der Waals surface area contributed by atoms with Gasteiger partial charge in [0.2, 0.25) is 5.91 Å². The van der Waals surface area contributed by atoms with Gasteiger partial charge in [-0.1, -0.05) is 29.8 Å². The molecule has 0 aliphatic heterocycles. The fourth-order valence-electron chi connectivity index (χ4n) is 1.65. The Kier molecular flexibility index (Phi) is 4.57. The number of carbonyl (C=O) groups excluding carboxylic acids is 1. The molecule has 0 aliphatic rings. The maximum Gasteiger partial charge on any atom is 0.216 e. The molecule has 0 saturated heterocycles. The Morgan fingerprint density at radius 3 is 2.65 bits per heavy atom. The summed E-state index contributed by atoms with van der Waals surface area (Å²) in [5, 5.41) is 2.85. The predicted octanol–water partition coefficient (Wildman–Crippen LogP) is 2.87. The van der Waals surface area contributed by atoms with Crippen molar-refractivity contribution >= 4 is 21.8 Å². The number of ether oxygens (including phenoxy) is 1. The first-order valence-electron chi connectivity index (χ1n) is 5.45. The Hall–Kier alpha value is -1.03. The topological polar surface area (TPSA) is 38.3 Å². The molecule has 0 unspecified atom stereocenters. The normalized spacial score (nSPS) is 11.1. The first-order chi connectivity index (χ1) is 7.86. The average molecular weight is 300 g/mol. The van der Waals surface area contributed by atoms with Gasteiger partial charge in [-0.15, -0.1) is 0 Å². The molecular formula is C13H18BrNO2. The van der Waals surface area contributed by atoms with Crippen LogP contribution in [0.3, 0.4) is 0 Å². The van der Waals surface area contributed by atoms with E-state index in [-0.39, 0.29) is 11.3 Å². The molecule has 94 valence electrons. The number of halogens is 1. The molecule has 0 saturated carbocycles. The molecule has 1 aromatic rings. The van der Waals surface area contributed by atoms with Crippen LogP contribution in [0.4, 0.5) is 0 Å². The maximum atomic E-state index is 11.0. The summed E-state index contributed by atoms with van der Waals surface area (Å²) in [7, 11) is 1.65. The zero-order valence-corrected chi connectivity index (χ0v) is 12.2. The first-order valence-corrected chi connectivity index (χ1v) is 6.24. The van der Waals surface area contributed by atoms with Gasteiger partial charge in [-0.05, 0) is 18.2 Å². The van der Waals surface area contributed by atoms with Gasteiger partial charge in [0.15, 0.2) is 0 Å². The number of methoxy groups -OCH3 is 1. The number of benzene rings is 1. The predicted molar refractivity (Wildman–Crippen MR) is 72.4 cm³/mol. The quantitative estimate of drug-likeness (QED) is 0.928. The molecule has 4 heteroatoms. The van der Waals surface area contributed by atoms with E-state index in [2.05, 4.69) is 35.1 Å². The molecular weight excluding hydrogens is 282 g/mol. The van der Waals surface area contributed by atoms with Crippen LogP contribution in [0, 0.1) is 0 Å². The second-order valence-corrected chi connectivity index (χ2v) is 5.55. The standard InChI is InChI=1S/C13H18BrNO2/c1-9(16)15-8-13(2,3)11-7-10(14)5-6-12(11)17-4/h5-7H,8H2,1-4H3,(H,15,16). The van der Waals surface area contributed by atoms with E-state index in [1.54, 1.807) is 7.11 Å². The molecule has 0 aromatic heterocycles. The minimum atomic E-state index is -0.180. The summed E-state index contributed by atoms with van der Waals surface area (Å²) in [6.45, 7) is 6.25. The fraction of sp³-hybridized carbons (Fsp3) is 0.462. The number of hydrogen-bond acceptors (Lipinski definition) is 2. The van der Waals surface area contributed by atoms with Crippen LogP contribution in [-0.4, -0.2) is 19.6 Å². The number of nitrogens with one attached hydrogen (secondary N) is 1. The number of carbonyl (C=O) groups is 1. The van der Waals surface area contributed by atoms with Crippen molar-refractivity contribution in [1.29, 1.82) is 0 Å². The molecule has 3 nitrogen and oxygen atoms in total. The summed E-state index contributed by atoms with van der Waals surface area (Å²) in [6.07, 6.45) is 0. The van der Waals surface area contributed by atoms with Crippen molar-refractivity contribution in [1.82, 2.24) is 5.32 Å². The number of rotatable bonds is 4. The lowest BCUT2D eigenvalue weighted by molar-refractivity contribution is -0.119. The Bertz CT molecular complexity index is 416. The highest BCUT2D eigenvalue weighted by Gasteiger charge is 2.24. The van der Waals surface area contributed by atoms with Crippen LogP contribution < -0.4 is 10.1 Å². The van der Waals surface area contributed by atoms with E-state index >= 15 is 0 Å². The van der Waals surface area contributed by atoms with Crippen molar-refractivity contribution in [3.05, 3.63) is 28.2 Å². The SMILES string of the molecule is COc1ccc(Br)cc1C(C)(C)CNC(C)=O. The Labute approximate surface area is 111 Å². The molecule has 1 aromatic carbocycles. The molecule has 1 amide bonds. The van der Waals surface area contributed by atoms with Gasteiger partial charge in [0.25, 0.3) is 0 Å². The summed E-state index contributed by atoms with van der Waals surface area (Å²) >= 11 is 3.46. The highest BCUT2D eigenvalue weighted by molar-refractivity contribution is 9.10. The molecule has 1 rings (SSSR count). The molecule has 0 atom stereocenters. The average Bonchev–Trinajstić information content (AvgIpc) is 2.26. The van der Waals surface area contributed by atoms with Gasteiger partial charge in [0, 0.05) is 28.9 Å². The first kappa shape index (κ1) is 14.0. The van der Waals surface area contributed by atoms with Gasteiger partial charge in [-0.3, -0.25) is 4.79 Å². The van der Waals surface area contributed by atoms with E-state index in [0.29, 0.717) is 6.54 Å². The maximum absolute atomic E-state index is 11.0. The molecule has 0 bridgehead atoms. The third-order valence-corrected chi connectivity index (χ3v) is 3.16. The zero-order valence-electron chi connectivity index (χ0n) is 10.6. The Morgan fingerprint density at radius 1 is 1.47 bits per heavy atom. The summed E-state index contributed by atoms with van der Waals surface area (Å²) < 4.78 is 6.36. The van der Waals surface area contributed by atoms with Gasteiger partial charge < -0.3 is 10.1 Å². The molecule has 17 heavy (non-hydrogen) atoms. The second-order valence-electron chi connectivity index (χ2n) is 4.64. The highest BCUT2D eigenvalue weighted by atomic mass is 79.9. The van der Waals surface area contributed by atoms with Crippen molar-refractivity contribution < 1.29 is 9.53 Å². The molecule has 0 aliphatic carbocycles. The van der Waals surface area contributed by atoms with E-state index < -0.39 is 0 Å². The summed E-state index contributed by atoms with van der Waals surface area (Å²) in [6, 6.07) is 5.90. The van der Waals surface area contributed by atoms with Crippen LogP contribution in [0.25, 0.3) is 0 Å². The van der Waals surface area contributed by atoms with Crippen molar-refractivity contribution in [2.75, 3.05) is 13.7 Å². The number of hydrogen-bond donors (Lipinski definition) is 1. The van der Waals surface area contributed by atoms with Gasteiger partial charge >= 0.3 is 0 Å². The minimum absolute atomic E-state index is 0.0213. The van der Waals surface area contributed by atoms with Gasteiger partial charge in [0.1, 0.15) is 5.75 Å². The van der Waals surface area contributed by atoms with Crippen molar-refractivity contribution in [2.45, 2.75) is 26.2 Å². The Balaban J connectivity index is 3.03. The van der Waals surface area contributed by atoms with E-state index in [1.165, 1.54) is 6.92 Å². The van der Waals surface area contributed by atoms with Crippen LogP contribution in [0.15, 0.2) is 22.7 Å². The third-order valence-electron chi connectivity index (χ3n) is 2.67. The van der Waals surface area contributed by atoms with Crippen LogP contribution in [0.2, 0.25) is 0 Å². The zero-order chi connectivity index (χ0) is 13.1. The van der Waals surface area contributed by atoms with Crippen LogP contribution >= 0.6 is 15.9 Å². The summed E-state index contributed by atoms with van der Waals surface area (Å²) in [4.78, 5) is 11.0. The molecule has 0 radical (unpaired) electrons. The summed E-state index contributed by atoms with van der Waals surface area (Å²) in [5.74, 6) is 0.815. The molecule has 0 fully saturated rings. The highest BCUT2D eigenvalue weighted by Crippen LogP contribution is 2.33. The van der Waals surface area contributed by atoms with E-state index in [4.69, 9.17) is 4.74 Å². The molecule has 0 heterocycles. The van der Waals surface area contributed by atoms with Crippen molar-refractivity contribution in [3.8, 4) is 5.75 Å². The minimum Gasteiger partial charge on any atom is -0.496 e. The van der Waals surface area contributed by atoms with Crippen molar-refractivity contribution in [2.24, 2.45) is 0 Å². The fourth-order valence-corrected chi connectivity index (χ4v) is 2.01. The van der Waals surface area contributed by atoms with Crippen LogP contribution in [0.5, 0.6) is 5.75 Å². The lowest BCUT2D eigenvalue weighted by Crippen LogP contribution is -2.35. The number of amides is 1. The summed E-state index contributed by atoms with van der Waals surface area (Å²) in [5.41, 5.74) is 0.893. The third kappa shape index (κ3) is 3.73. The van der Waals surface area contributed by atoms with Crippen LogP contribution in [-0.2, 0) is 10.2 Å². The lowest BCUT2D eigenvalue weighted by atomic mass is 9.84. The lowest BCUT2D eigenvalue weighted by Gasteiger charge is -2.27. The van der Waals surface area contributed by atoms with E-state index in [1.807, 2.05) is 18.2 Å². The van der Waals surface area contributed by atoms with E-state index in [9.17, 15) is 4.79 Å².